The van der Waals surface area contributed by atoms with Crippen LogP contribution >= 0.6 is 11.6 Å². The van der Waals surface area contributed by atoms with Gasteiger partial charge in [0.05, 0.1) is 17.0 Å². The van der Waals surface area contributed by atoms with Crippen LogP contribution in [0, 0.1) is 0 Å². The van der Waals surface area contributed by atoms with Gasteiger partial charge in [0.2, 0.25) is 0 Å². The van der Waals surface area contributed by atoms with Crippen LogP contribution in [0.5, 0.6) is 0 Å². The summed E-state index contributed by atoms with van der Waals surface area (Å²) < 4.78 is 7.88. The number of para-hydroxylation sites is 1. The largest absolute Gasteiger partial charge is 0.464 e. The molecule has 0 bridgehead atoms. The van der Waals surface area contributed by atoms with E-state index in [1.54, 1.807) is 24.5 Å². The molecule has 4 aromatic rings. The average molecular weight is 491 g/mol. The number of nitrogens with zero attached hydrogens (tertiary/aromatic N) is 6. The molecule has 180 valence electrons. The first-order valence-electron chi connectivity index (χ1n) is 12.2. The van der Waals surface area contributed by atoms with Crippen LogP contribution in [-0.2, 0) is 0 Å². The second-order valence-corrected chi connectivity index (χ2v) is 9.78. The van der Waals surface area contributed by atoms with Gasteiger partial charge in [-0.1, -0.05) is 42.6 Å². The Kier molecular flexibility index (Phi) is 6.00. The van der Waals surface area contributed by atoms with Crippen LogP contribution in [0.25, 0.3) is 11.0 Å². The van der Waals surface area contributed by atoms with Gasteiger partial charge in [0.1, 0.15) is 17.9 Å². The lowest BCUT2D eigenvalue weighted by Gasteiger charge is -2.39. The molecule has 1 saturated heterocycles. The molecular formula is C26H27ClN6O2. The van der Waals surface area contributed by atoms with Crippen LogP contribution in [0.15, 0.2) is 64.0 Å². The highest BCUT2D eigenvalue weighted by atomic mass is 35.5. The summed E-state index contributed by atoms with van der Waals surface area (Å²) in [7, 11) is 0. The summed E-state index contributed by atoms with van der Waals surface area (Å²) in [4.78, 5) is 18.4. The Morgan fingerprint density at radius 2 is 1.77 bits per heavy atom. The quantitative estimate of drug-likeness (QED) is 0.408. The van der Waals surface area contributed by atoms with Crippen molar-refractivity contribution in [1.82, 2.24) is 25.1 Å². The predicted octanol–water partition coefficient (Wildman–Crippen LogP) is 4.46. The van der Waals surface area contributed by atoms with E-state index < -0.39 is 6.04 Å². The van der Waals surface area contributed by atoms with Gasteiger partial charge in [-0.2, -0.15) is 0 Å². The summed E-state index contributed by atoms with van der Waals surface area (Å²) in [5, 5.41) is 13.9. The number of anilines is 1. The monoisotopic (exact) mass is 490 g/mol. The molecule has 1 atom stereocenters. The topological polar surface area (TPSA) is 80.3 Å². The number of piperazine rings is 1. The van der Waals surface area contributed by atoms with Crippen LogP contribution in [0.1, 0.15) is 49.2 Å². The van der Waals surface area contributed by atoms with Crippen molar-refractivity contribution in [3.8, 4) is 0 Å². The Balaban J connectivity index is 1.40. The second kappa shape index (κ2) is 9.43. The summed E-state index contributed by atoms with van der Waals surface area (Å²) in [6, 6.07) is 15.4. The Labute approximate surface area is 208 Å². The minimum atomic E-state index is -0.400. The predicted molar refractivity (Wildman–Crippen MR) is 135 cm³/mol. The van der Waals surface area contributed by atoms with E-state index in [2.05, 4.69) is 49.6 Å². The third kappa shape index (κ3) is 4.21. The van der Waals surface area contributed by atoms with Crippen LogP contribution in [0.4, 0.5) is 5.69 Å². The number of halogens is 1. The van der Waals surface area contributed by atoms with Crippen LogP contribution in [0.3, 0.4) is 0 Å². The number of benzene rings is 2. The molecule has 2 aromatic heterocycles. The molecule has 0 radical (unpaired) electrons. The SMILES string of the molecule is O=c1c(C(c2nnnn2C2CCCC2)N2CCN(c3ccccc3)CC2)coc2ccc(Cl)cc12. The summed E-state index contributed by atoms with van der Waals surface area (Å²) in [6.45, 7) is 3.22. The summed E-state index contributed by atoms with van der Waals surface area (Å²) in [5.74, 6) is 0.707. The highest BCUT2D eigenvalue weighted by Gasteiger charge is 2.35. The van der Waals surface area contributed by atoms with E-state index in [9.17, 15) is 4.79 Å². The number of tetrazole rings is 1. The van der Waals surface area contributed by atoms with E-state index in [-0.39, 0.29) is 11.5 Å². The molecule has 1 unspecified atom stereocenters. The summed E-state index contributed by atoms with van der Waals surface area (Å²) in [5.41, 5.74) is 2.18. The number of aromatic nitrogens is 4. The zero-order chi connectivity index (χ0) is 23.8. The van der Waals surface area contributed by atoms with Gasteiger partial charge in [0.15, 0.2) is 11.3 Å². The van der Waals surface area contributed by atoms with Gasteiger partial charge in [-0.3, -0.25) is 9.69 Å². The summed E-state index contributed by atoms with van der Waals surface area (Å²) in [6.07, 6.45) is 6.02. The number of hydrogen-bond donors (Lipinski definition) is 0. The number of hydrogen-bond acceptors (Lipinski definition) is 7. The summed E-state index contributed by atoms with van der Waals surface area (Å²) >= 11 is 6.22. The molecule has 2 fully saturated rings. The van der Waals surface area contributed by atoms with Crippen LogP contribution in [-0.4, -0.2) is 51.3 Å². The lowest BCUT2D eigenvalue weighted by molar-refractivity contribution is 0.195. The van der Waals surface area contributed by atoms with Crippen molar-refractivity contribution in [3.63, 3.8) is 0 Å². The smallest absolute Gasteiger partial charge is 0.197 e. The Hall–Kier alpha value is -3.23. The highest BCUT2D eigenvalue weighted by Crippen LogP contribution is 2.34. The second-order valence-electron chi connectivity index (χ2n) is 9.34. The fourth-order valence-corrected chi connectivity index (χ4v) is 5.64. The van der Waals surface area contributed by atoms with Gasteiger partial charge in [-0.05, 0) is 53.6 Å². The minimum absolute atomic E-state index is 0.0924. The maximum absolute atomic E-state index is 13.7. The van der Waals surface area contributed by atoms with E-state index in [1.807, 2.05) is 10.7 Å². The molecule has 3 heterocycles. The van der Waals surface area contributed by atoms with Crippen molar-refractivity contribution in [3.05, 3.63) is 81.4 Å². The lowest BCUT2D eigenvalue weighted by Crippen LogP contribution is -2.49. The van der Waals surface area contributed by atoms with Crippen molar-refractivity contribution in [2.45, 2.75) is 37.8 Å². The first-order chi connectivity index (χ1) is 17.2. The molecule has 1 aliphatic carbocycles. The first kappa shape index (κ1) is 22.2. The maximum atomic E-state index is 13.7. The first-order valence-corrected chi connectivity index (χ1v) is 12.6. The van der Waals surface area contributed by atoms with E-state index >= 15 is 0 Å². The van der Waals surface area contributed by atoms with Gasteiger partial charge in [0.25, 0.3) is 0 Å². The van der Waals surface area contributed by atoms with Gasteiger partial charge in [-0.25, -0.2) is 4.68 Å². The molecule has 0 amide bonds. The lowest BCUT2D eigenvalue weighted by atomic mass is 10.0. The molecule has 0 N–H and O–H groups in total. The van der Waals surface area contributed by atoms with Gasteiger partial charge in [-0.15, -0.1) is 5.10 Å². The van der Waals surface area contributed by atoms with Crippen LogP contribution in [0.2, 0.25) is 5.02 Å². The van der Waals surface area contributed by atoms with E-state index in [0.29, 0.717) is 27.4 Å². The molecule has 9 heteroatoms. The van der Waals surface area contributed by atoms with Crippen molar-refractivity contribution in [2.75, 3.05) is 31.1 Å². The van der Waals surface area contributed by atoms with Crippen molar-refractivity contribution < 1.29 is 4.42 Å². The van der Waals surface area contributed by atoms with Crippen molar-refractivity contribution in [1.29, 1.82) is 0 Å². The third-order valence-electron chi connectivity index (χ3n) is 7.29. The zero-order valence-electron chi connectivity index (χ0n) is 19.4. The number of rotatable bonds is 5. The molecule has 1 aliphatic heterocycles. The Morgan fingerprint density at radius 3 is 2.54 bits per heavy atom. The minimum Gasteiger partial charge on any atom is -0.464 e. The van der Waals surface area contributed by atoms with E-state index in [4.69, 9.17) is 16.0 Å². The van der Waals surface area contributed by atoms with Crippen molar-refractivity contribution in [2.24, 2.45) is 0 Å². The molecule has 6 rings (SSSR count). The molecular weight excluding hydrogens is 464 g/mol. The molecule has 8 nitrogen and oxygen atoms in total. The van der Waals surface area contributed by atoms with Crippen molar-refractivity contribution >= 4 is 28.3 Å². The zero-order valence-corrected chi connectivity index (χ0v) is 20.1. The van der Waals surface area contributed by atoms with E-state index in [1.165, 1.54) is 18.5 Å². The molecule has 2 aromatic carbocycles. The Morgan fingerprint density at radius 1 is 1.00 bits per heavy atom. The van der Waals surface area contributed by atoms with Gasteiger partial charge < -0.3 is 9.32 Å². The number of fused-ring (bicyclic) bond motifs is 1. The maximum Gasteiger partial charge on any atom is 0.197 e. The third-order valence-corrected chi connectivity index (χ3v) is 7.53. The normalized spacial score (nSPS) is 18.4. The fourth-order valence-electron chi connectivity index (χ4n) is 5.47. The highest BCUT2D eigenvalue weighted by molar-refractivity contribution is 6.31. The molecule has 0 spiro atoms. The van der Waals surface area contributed by atoms with E-state index in [0.717, 1.165) is 39.0 Å². The van der Waals surface area contributed by atoms with Gasteiger partial charge in [0, 0.05) is 36.9 Å². The molecule has 35 heavy (non-hydrogen) atoms. The Bertz CT molecular complexity index is 1370. The van der Waals surface area contributed by atoms with Crippen LogP contribution < -0.4 is 10.3 Å². The molecule has 1 saturated carbocycles. The fraction of sp³-hybridized carbons (Fsp3) is 0.385. The van der Waals surface area contributed by atoms with Gasteiger partial charge >= 0.3 is 0 Å². The standard InChI is InChI=1S/C26H27ClN6O2/c27-18-10-11-23-21(16-18)25(34)22(17-35-23)24(26-28-29-30-33(26)20-8-4-5-9-20)32-14-12-31(13-15-32)19-6-2-1-3-7-19/h1-3,6-7,10-11,16-17,20,24H,4-5,8-9,12-15H2. The average Bonchev–Trinajstić information content (AvgIpc) is 3.59. The molecule has 2 aliphatic rings.